The second kappa shape index (κ2) is 3.08. The normalized spacial score (nSPS) is 39.8. The second-order valence-corrected chi connectivity index (χ2v) is 4.29. The Bertz CT molecular complexity index is 188. The first-order valence-electron chi connectivity index (χ1n) is 4.99. The quantitative estimate of drug-likeness (QED) is 0.686. The van der Waals surface area contributed by atoms with Gasteiger partial charge in [-0.05, 0) is 37.0 Å². The van der Waals surface area contributed by atoms with Crippen molar-refractivity contribution in [3.8, 4) is 0 Å². The fraction of sp³-hybridized carbons (Fsp3) is 0.900. The topological polar surface area (TPSA) is 37.3 Å². The Morgan fingerprint density at radius 1 is 1.25 bits per heavy atom. The molecule has 0 heterocycles. The molecule has 0 aromatic rings. The second-order valence-electron chi connectivity index (χ2n) is 4.29. The van der Waals surface area contributed by atoms with Crippen LogP contribution in [-0.2, 0) is 4.79 Å². The van der Waals surface area contributed by atoms with E-state index in [4.69, 9.17) is 5.11 Å². The largest absolute Gasteiger partial charge is 0.481 e. The molecule has 2 saturated carbocycles. The molecule has 2 nitrogen and oxygen atoms in total. The van der Waals surface area contributed by atoms with Gasteiger partial charge in [0, 0.05) is 6.42 Å². The maximum absolute atomic E-state index is 10.5. The van der Waals surface area contributed by atoms with Crippen LogP contribution in [0, 0.1) is 17.8 Å². The maximum atomic E-state index is 10.5. The number of carbonyl (C=O) groups is 1. The Morgan fingerprint density at radius 3 is 2.83 bits per heavy atom. The molecule has 0 spiro atoms. The number of carboxylic acids is 1. The standard InChI is InChI=1S/C10H16O2/c11-10(12)6-8-5-4-7-2-1-3-9(7)8/h7-9H,1-6H2,(H,11,12)/t7-,8?,9-/m0/s1. The average molecular weight is 168 g/mol. The van der Waals surface area contributed by atoms with Crippen LogP contribution in [0.3, 0.4) is 0 Å². The maximum Gasteiger partial charge on any atom is 0.303 e. The number of carboxylic acid groups (broad SMARTS) is 1. The van der Waals surface area contributed by atoms with E-state index < -0.39 is 5.97 Å². The lowest BCUT2D eigenvalue weighted by Crippen LogP contribution is -2.13. The van der Waals surface area contributed by atoms with Crippen LogP contribution in [0.15, 0.2) is 0 Å². The van der Waals surface area contributed by atoms with Crippen LogP contribution in [0.2, 0.25) is 0 Å². The number of fused-ring (bicyclic) bond motifs is 1. The van der Waals surface area contributed by atoms with Crippen molar-refractivity contribution in [2.24, 2.45) is 17.8 Å². The highest BCUT2D eigenvalue weighted by Crippen LogP contribution is 2.48. The minimum atomic E-state index is -0.604. The third-order valence-electron chi connectivity index (χ3n) is 3.67. The molecule has 0 amide bonds. The first-order chi connectivity index (χ1) is 5.77. The number of aliphatic carboxylic acids is 1. The molecule has 2 fully saturated rings. The minimum absolute atomic E-state index is 0.418. The zero-order valence-electron chi connectivity index (χ0n) is 7.33. The lowest BCUT2D eigenvalue weighted by atomic mass is 9.90. The van der Waals surface area contributed by atoms with Gasteiger partial charge in [0.25, 0.3) is 0 Å². The fourth-order valence-corrected chi connectivity index (χ4v) is 3.16. The van der Waals surface area contributed by atoms with Gasteiger partial charge in [-0.25, -0.2) is 0 Å². The van der Waals surface area contributed by atoms with Crippen molar-refractivity contribution in [3.05, 3.63) is 0 Å². The van der Waals surface area contributed by atoms with Gasteiger partial charge in [-0.15, -0.1) is 0 Å². The molecule has 0 saturated heterocycles. The lowest BCUT2D eigenvalue weighted by molar-refractivity contribution is -0.138. The van der Waals surface area contributed by atoms with Crippen LogP contribution in [0.1, 0.15) is 38.5 Å². The smallest absolute Gasteiger partial charge is 0.303 e. The van der Waals surface area contributed by atoms with E-state index in [-0.39, 0.29) is 0 Å². The van der Waals surface area contributed by atoms with Crippen LogP contribution in [0.5, 0.6) is 0 Å². The van der Waals surface area contributed by atoms with E-state index in [0.29, 0.717) is 12.3 Å². The SMILES string of the molecule is O=C(O)CC1CC[C@@H]2CCC[C@H]12. The Labute approximate surface area is 73.0 Å². The zero-order valence-corrected chi connectivity index (χ0v) is 7.33. The summed E-state index contributed by atoms with van der Waals surface area (Å²) in [6.45, 7) is 0. The molecule has 2 rings (SSSR count). The van der Waals surface area contributed by atoms with Crippen molar-refractivity contribution in [1.82, 2.24) is 0 Å². The summed E-state index contributed by atoms with van der Waals surface area (Å²) in [7, 11) is 0. The van der Waals surface area contributed by atoms with Gasteiger partial charge in [0.05, 0.1) is 0 Å². The van der Waals surface area contributed by atoms with E-state index in [2.05, 4.69) is 0 Å². The summed E-state index contributed by atoms with van der Waals surface area (Å²) in [5, 5.41) is 8.69. The van der Waals surface area contributed by atoms with Crippen molar-refractivity contribution >= 4 is 5.97 Å². The summed E-state index contributed by atoms with van der Waals surface area (Å²) in [6, 6.07) is 0. The van der Waals surface area contributed by atoms with Crippen LogP contribution < -0.4 is 0 Å². The molecular weight excluding hydrogens is 152 g/mol. The van der Waals surface area contributed by atoms with E-state index in [0.717, 1.165) is 11.8 Å². The van der Waals surface area contributed by atoms with Crippen molar-refractivity contribution in [3.63, 3.8) is 0 Å². The highest BCUT2D eigenvalue weighted by molar-refractivity contribution is 5.67. The van der Waals surface area contributed by atoms with Gasteiger partial charge in [-0.1, -0.05) is 12.8 Å². The summed E-state index contributed by atoms with van der Waals surface area (Å²) >= 11 is 0. The molecule has 12 heavy (non-hydrogen) atoms. The monoisotopic (exact) mass is 168 g/mol. The predicted molar refractivity (Wildman–Crippen MR) is 45.8 cm³/mol. The molecule has 1 N–H and O–H groups in total. The van der Waals surface area contributed by atoms with Crippen LogP contribution >= 0.6 is 0 Å². The summed E-state index contributed by atoms with van der Waals surface area (Å²) in [5.74, 6) is 1.55. The van der Waals surface area contributed by atoms with Crippen LogP contribution in [0.4, 0.5) is 0 Å². The highest BCUT2D eigenvalue weighted by Gasteiger charge is 2.39. The third-order valence-corrected chi connectivity index (χ3v) is 3.67. The van der Waals surface area contributed by atoms with Gasteiger partial charge >= 0.3 is 5.97 Å². The third kappa shape index (κ3) is 1.35. The van der Waals surface area contributed by atoms with Crippen LogP contribution in [0.25, 0.3) is 0 Å². The van der Waals surface area contributed by atoms with Crippen LogP contribution in [-0.4, -0.2) is 11.1 Å². The highest BCUT2D eigenvalue weighted by atomic mass is 16.4. The molecular formula is C10H16O2. The molecule has 68 valence electrons. The summed E-state index contributed by atoms with van der Waals surface area (Å²) in [5.41, 5.74) is 0. The molecule has 2 heteroatoms. The molecule has 0 aromatic heterocycles. The van der Waals surface area contributed by atoms with E-state index in [1.807, 2.05) is 0 Å². The van der Waals surface area contributed by atoms with Gasteiger partial charge in [-0.3, -0.25) is 4.79 Å². The molecule has 3 atom stereocenters. The molecule has 0 radical (unpaired) electrons. The van der Waals surface area contributed by atoms with E-state index >= 15 is 0 Å². The Kier molecular flexibility index (Phi) is 2.07. The number of rotatable bonds is 2. The van der Waals surface area contributed by atoms with Gasteiger partial charge in [0.1, 0.15) is 0 Å². The Balaban J connectivity index is 1.95. The average Bonchev–Trinajstić information content (AvgIpc) is 2.52. The molecule has 0 aromatic carbocycles. The van der Waals surface area contributed by atoms with Crippen molar-refractivity contribution < 1.29 is 9.90 Å². The first-order valence-corrected chi connectivity index (χ1v) is 4.99. The Morgan fingerprint density at radius 2 is 2.08 bits per heavy atom. The van der Waals surface area contributed by atoms with Gasteiger partial charge in [0.2, 0.25) is 0 Å². The summed E-state index contributed by atoms with van der Waals surface area (Å²) < 4.78 is 0. The molecule has 0 bridgehead atoms. The summed E-state index contributed by atoms with van der Waals surface area (Å²) in [6.07, 6.45) is 6.88. The first kappa shape index (κ1) is 8.09. The number of hydrogen-bond acceptors (Lipinski definition) is 1. The van der Waals surface area contributed by atoms with E-state index in [9.17, 15) is 4.79 Å². The number of hydrogen-bond donors (Lipinski definition) is 1. The van der Waals surface area contributed by atoms with Crippen molar-refractivity contribution in [1.29, 1.82) is 0 Å². The lowest BCUT2D eigenvalue weighted by Gasteiger charge is -2.15. The predicted octanol–water partition coefficient (Wildman–Crippen LogP) is 2.29. The zero-order chi connectivity index (χ0) is 8.55. The Hall–Kier alpha value is -0.530. The molecule has 2 aliphatic rings. The molecule has 1 unspecified atom stereocenters. The van der Waals surface area contributed by atoms with Gasteiger partial charge in [-0.2, -0.15) is 0 Å². The fourth-order valence-electron chi connectivity index (χ4n) is 3.16. The molecule has 2 aliphatic carbocycles. The minimum Gasteiger partial charge on any atom is -0.481 e. The van der Waals surface area contributed by atoms with Crippen molar-refractivity contribution in [2.45, 2.75) is 38.5 Å². The van der Waals surface area contributed by atoms with Gasteiger partial charge in [0.15, 0.2) is 0 Å². The van der Waals surface area contributed by atoms with E-state index in [1.54, 1.807) is 0 Å². The summed E-state index contributed by atoms with van der Waals surface area (Å²) in [4.78, 5) is 10.5. The van der Waals surface area contributed by atoms with Crippen molar-refractivity contribution in [2.75, 3.05) is 0 Å². The van der Waals surface area contributed by atoms with E-state index in [1.165, 1.54) is 32.1 Å². The van der Waals surface area contributed by atoms with Gasteiger partial charge < -0.3 is 5.11 Å². The molecule has 0 aliphatic heterocycles.